The molecule has 0 aromatic carbocycles. The number of hydrogen-bond donors (Lipinski definition) is 1. The predicted molar refractivity (Wildman–Crippen MR) is 78.2 cm³/mol. The Bertz CT molecular complexity index is 351. The van der Waals surface area contributed by atoms with Crippen LogP contribution >= 0.6 is 0 Å². The van der Waals surface area contributed by atoms with E-state index >= 15 is 0 Å². The summed E-state index contributed by atoms with van der Waals surface area (Å²) in [5.74, 6) is 1.59. The highest BCUT2D eigenvalue weighted by Gasteiger charge is 2.43. The molecule has 3 rings (SSSR count). The fourth-order valence-corrected chi connectivity index (χ4v) is 3.61. The van der Waals surface area contributed by atoms with E-state index in [0.717, 1.165) is 31.1 Å². The molecule has 0 heterocycles. The monoisotopic (exact) mass is 280 g/mol. The van der Waals surface area contributed by atoms with Crippen molar-refractivity contribution in [2.75, 3.05) is 20.2 Å². The van der Waals surface area contributed by atoms with E-state index in [0.29, 0.717) is 6.04 Å². The number of carbonyl (C=O) groups excluding carboxylic acids is 1. The molecule has 3 aliphatic carbocycles. The summed E-state index contributed by atoms with van der Waals surface area (Å²) < 4.78 is 4.93. The third kappa shape index (κ3) is 3.34. The molecule has 0 aliphatic heterocycles. The van der Waals surface area contributed by atoms with E-state index in [1.54, 1.807) is 0 Å². The quantitative estimate of drug-likeness (QED) is 0.755. The molecule has 0 spiro atoms. The minimum atomic E-state index is -0.747. The zero-order chi connectivity index (χ0) is 14.2. The number of ether oxygens (including phenoxy) is 1. The van der Waals surface area contributed by atoms with Crippen molar-refractivity contribution < 1.29 is 9.53 Å². The van der Waals surface area contributed by atoms with E-state index in [2.05, 4.69) is 4.90 Å². The Kier molecular flexibility index (Phi) is 4.04. The highest BCUT2D eigenvalue weighted by Crippen LogP contribution is 2.38. The van der Waals surface area contributed by atoms with Crippen LogP contribution in [0.25, 0.3) is 0 Å². The number of hydrogen-bond acceptors (Lipinski definition) is 4. The lowest BCUT2D eigenvalue weighted by atomic mass is 9.79. The molecule has 2 unspecified atom stereocenters. The van der Waals surface area contributed by atoms with Gasteiger partial charge in [0.25, 0.3) is 0 Å². The van der Waals surface area contributed by atoms with Gasteiger partial charge < -0.3 is 10.5 Å². The topological polar surface area (TPSA) is 55.6 Å². The molecule has 3 aliphatic rings. The maximum Gasteiger partial charge on any atom is 0.325 e. The molecule has 2 N–H and O–H groups in total. The lowest BCUT2D eigenvalue weighted by Crippen LogP contribution is -2.56. The fourth-order valence-electron chi connectivity index (χ4n) is 3.61. The van der Waals surface area contributed by atoms with Crippen LogP contribution in [0.4, 0.5) is 0 Å². The molecule has 3 fully saturated rings. The summed E-state index contributed by atoms with van der Waals surface area (Å²) in [5.41, 5.74) is 5.59. The van der Waals surface area contributed by atoms with E-state index in [1.807, 2.05) is 0 Å². The SMILES string of the molecule is COC(=O)C1(N)CCCC(N(CC2CC2)CC2CC2)C1. The highest BCUT2D eigenvalue weighted by atomic mass is 16.5. The molecule has 20 heavy (non-hydrogen) atoms. The highest BCUT2D eigenvalue weighted by molar-refractivity contribution is 5.80. The Balaban J connectivity index is 1.64. The van der Waals surface area contributed by atoms with Crippen molar-refractivity contribution in [3.63, 3.8) is 0 Å². The molecule has 114 valence electrons. The second kappa shape index (κ2) is 5.64. The van der Waals surface area contributed by atoms with Crippen LogP contribution in [0, 0.1) is 11.8 Å². The fraction of sp³-hybridized carbons (Fsp3) is 0.938. The number of nitrogens with two attached hydrogens (primary N) is 1. The third-order valence-corrected chi connectivity index (χ3v) is 5.25. The van der Waals surface area contributed by atoms with Gasteiger partial charge >= 0.3 is 5.97 Å². The van der Waals surface area contributed by atoms with Gasteiger partial charge in [-0.3, -0.25) is 9.69 Å². The maximum absolute atomic E-state index is 12.0. The number of nitrogens with zero attached hydrogens (tertiary/aromatic N) is 1. The summed E-state index contributed by atoms with van der Waals surface area (Å²) >= 11 is 0. The lowest BCUT2D eigenvalue weighted by Gasteiger charge is -2.41. The molecule has 0 aromatic rings. The average Bonchev–Trinajstić information content (AvgIpc) is 3.32. The molecular formula is C16H28N2O2. The number of esters is 1. The predicted octanol–water partition coefficient (Wildman–Crippen LogP) is 1.92. The molecule has 0 aromatic heterocycles. The van der Waals surface area contributed by atoms with Gasteiger partial charge in [-0.2, -0.15) is 0 Å². The van der Waals surface area contributed by atoms with Crippen molar-refractivity contribution in [2.24, 2.45) is 17.6 Å². The summed E-state index contributed by atoms with van der Waals surface area (Å²) in [6.07, 6.45) is 9.34. The molecule has 3 saturated carbocycles. The first-order valence-corrected chi connectivity index (χ1v) is 8.22. The molecule has 4 nitrogen and oxygen atoms in total. The largest absolute Gasteiger partial charge is 0.468 e. The summed E-state index contributed by atoms with van der Waals surface area (Å²) in [4.78, 5) is 14.6. The first-order valence-electron chi connectivity index (χ1n) is 8.22. The van der Waals surface area contributed by atoms with Gasteiger partial charge in [0.2, 0.25) is 0 Å². The smallest absolute Gasteiger partial charge is 0.325 e. The van der Waals surface area contributed by atoms with Crippen LogP contribution in [0.1, 0.15) is 51.4 Å². The van der Waals surface area contributed by atoms with Crippen molar-refractivity contribution in [1.29, 1.82) is 0 Å². The zero-order valence-electron chi connectivity index (χ0n) is 12.6. The van der Waals surface area contributed by atoms with Gasteiger partial charge in [-0.15, -0.1) is 0 Å². The van der Waals surface area contributed by atoms with Gasteiger partial charge in [-0.05, 0) is 63.2 Å². The van der Waals surface area contributed by atoms with Crippen LogP contribution in [0.2, 0.25) is 0 Å². The van der Waals surface area contributed by atoms with E-state index in [4.69, 9.17) is 10.5 Å². The summed E-state index contributed by atoms with van der Waals surface area (Å²) in [6, 6.07) is 0.481. The normalized spacial score (nSPS) is 34.2. The molecule has 4 heteroatoms. The van der Waals surface area contributed by atoms with Gasteiger partial charge in [0, 0.05) is 19.1 Å². The molecule has 0 radical (unpaired) electrons. The van der Waals surface area contributed by atoms with E-state index in [1.165, 1.54) is 52.3 Å². The van der Waals surface area contributed by atoms with Gasteiger partial charge in [-0.1, -0.05) is 0 Å². The summed E-state index contributed by atoms with van der Waals surface area (Å²) in [5, 5.41) is 0. The van der Waals surface area contributed by atoms with Crippen LogP contribution in [-0.2, 0) is 9.53 Å². The maximum atomic E-state index is 12.0. The molecular weight excluding hydrogens is 252 g/mol. The Morgan fingerprint density at radius 3 is 2.30 bits per heavy atom. The van der Waals surface area contributed by atoms with Crippen molar-refractivity contribution >= 4 is 5.97 Å². The van der Waals surface area contributed by atoms with Gasteiger partial charge in [-0.25, -0.2) is 0 Å². The second-order valence-electron chi connectivity index (χ2n) is 7.24. The van der Waals surface area contributed by atoms with Gasteiger partial charge in [0.15, 0.2) is 0 Å². The zero-order valence-corrected chi connectivity index (χ0v) is 12.6. The van der Waals surface area contributed by atoms with Crippen LogP contribution in [0.5, 0.6) is 0 Å². The van der Waals surface area contributed by atoms with Crippen LogP contribution in [0.3, 0.4) is 0 Å². The molecule has 0 saturated heterocycles. The summed E-state index contributed by atoms with van der Waals surface area (Å²) in [7, 11) is 1.45. The first kappa shape index (κ1) is 14.3. The molecule has 0 amide bonds. The van der Waals surface area contributed by atoms with Crippen molar-refractivity contribution in [3.05, 3.63) is 0 Å². The molecule has 0 bridgehead atoms. The van der Waals surface area contributed by atoms with Crippen LogP contribution in [-0.4, -0.2) is 42.6 Å². The van der Waals surface area contributed by atoms with Crippen molar-refractivity contribution in [1.82, 2.24) is 4.90 Å². The first-order chi connectivity index (χ1) is 9.60. The van der Waals surface area contributed by atoms with Crippen molar-refractivity contribution in [2.45, 2.75) is 62.9 Å². The second-order valence-corrected chi connectivity index (χ2v) is 7.24. The minimum absolute atomic E-state index is 0.222. The number of carbonyl (C=O) groups is 1. The summed E-state index contributed by atoms with van der Waals surface area (Å²) in [6.45, 7) is 2.44. The van der Waals surface area contributed by atoms with Gasteiger partial charge in [0.05, 0.1) is 7.11 Å². The van der Waals surface area contributed by atoms with E-state index in [9.17, 15) is 4.79 Å². The van der Waals surface area contributed by atoms with Gasteiger partial charge in [0.1, 0.15) is 5.54 Å². The standard InChI is InChI=1S/C16H28N2O2/c1-20-15(19)16(17)8-2-3-14(9-16)18(10-12-4-5-12)11-13-6-7-13/h12-14H,2-11,17H2,1H3. The average molecular weight is 280 g/mol. The Morgan fingerprint density at radius 1 is 1.20 bits per heavy atom. The van der Waals surface area contributed by atoms with E-state index < -0.39 is 5.54 Å². The number of rotatable bonds is 6. The third-order valence-electron chi connectivity index (χ3n) is 5.25. The van der Waals surface area contributed by atoms with Crippen molar-refractivity contribution in [3.8, 4) is 0 Å². The Morgan fingerprint density at radius 2 is 1.80 bits per heavy atom. The number of methoxy groups -OCH3 is 1. The Hall–Kier alpha value is -0.610. The van der Waals surface area contributed by atoms with E-state index in [-0.39, 0.29) is 5.97 Å². The lowest BCUT2D eigenvalue weighted by molar-refractivity contribution is -0.149. The molecule has 2 atom stereocenters. The van der Waals surface area contributed by atoms with Crippen LogP contribution < -0.4 is 5.73 Å². The van der Waals surface area contributed by atoms with Crippen LogP contribution in [0.15, 0.2) is 0 Å². The minimum Gasteiger partial charge on any atom is -0.468 e. The Labute approximate surface area is 122 Å².